The first-order valence-electron chi connectivity index (χ1n) is 5.19. The molecule has 1 saturated heterocycles. The maximum absolute atomic E-state index is 5.33. The Labute approximate surface area is 93.3 Å². The molecule has 0 saturated carbocycles. The first-order chi connectivity index (χ1) is 7.93. The van der Waals surface area contributed by atoms with Crippen LogP contribution < -0.4 is 5.66 Å². The molecule has 1 fully saturated rings. The smallest absolute Gasteiger partial charge is 0.403 e. The van der Waals surface area contributed by atoms with Gasteiger partial charge in [0.15, 0.2) is 5.66 Å². The lowest BCUT2D eigenvalue weighted by Gasteiger charge is -1.95. The van der Waals surface area contributed by atoms with E-state index in [0.717, 1.165) is 11.3 Å². The van der Waals surface area contributed by atoms with E-state index in [0.29, 0.717) is 18.9 Å². The Balaban J connectivity index is 1.87. The summed E-state index contributed by atoms with van der Waals surface area (Å²) in [6.45, 7) is 1.21. The van der Waals surface area contributed by atoms with Gasteiger partial charge in [-0.1, -0.05) is 35.5 Å². The van der Waals surface area contributed by atoms with Gasteiger partial charge in [-0.25, -0.2) is 0 Å². The van der Waals surface area contributed by atoms with Crippen molar-refractivity contribution < 1.29 is 13.8 Å². The number of hydrogen-bond acceptors (Lipinski definition) is 4. The average Bonchev–Trinajstić information content (AvgIpc) is 3.01. The van der Waals surface area contributed by atoms with E-state index in [-0.39, 0.29) is 0 Å². The summed E-state index contributed by atoms with van der Waals surface area (Å²) >= 11 is 0. The van der Waals surface area contributed by atoms with E-state index < -0.39 is 7.12 Å². The molecule has 80 valence electrons. The molecule has 5 heteroatoms. The highest BCUT2D eigenvalue weighted by Crippen LogP contribution is 2.15. The van der Waals surface area contributed by atoms with Gasteiger partial charge in [0.1, 0.15) is 5.69 Å². The van der Waals surface area contributed by atoms with Crippen LogP contribution in [-0.4, -0.2) is 25.5 Å². The molecule has 2 aromatic rings. The molecule has 3 rings (SSSR count). The van der Waals surface area contributed by atoms with Crippen LogP contribution in [0.3, 0.4) is 0 Å². The summed E-state index contributed by atoms with van der Waals surface area (Å²) in [5.41, 5.74) is 2.45. The van der Waals surface area contributed by atoms with Crippen LogP contribution in [0.5, 0.6) is 0 Å². The number of rotatable bonds is 2. The van der Waals surface area contributed by atoms with E-state index >= 15 is 0 Å². The van der Waals surface area contributed by atoms with Crippen LogP contribution in [0.4, 0.5) is 0 Å². The SMILES string of the molecule is c1ccc(-c2cc(B3OCCO3)on2)cc1. The zero-order valence-electron chi connectivity index (χ0n) is 8.63. The molecule has 0 radical (unpaired) electrons. The third-order valence-corrected chi connectivity index (χ3v) is 2.45. The Morgan fingerprint density at radius 1 is 1.06 bits per heavy atom. The molecule has 16 heavy (non-hydrogen) atoms. The second kappa shape index (κ2) is 4.12. The van der Waals surface area contributed by atoms with Crippen molar-refractivity contribution in [3.63, 3.8) is 0 Å². The normalized spacial score (nSPS) is 15.6. The third kappa shape index (κ3) is 1.75. The molecule has 2 heterocycles. The Morgan fingerprint density at radius 2 is 1.81 bits per heavy atom. The van der Waals surface area contributed by atoms with Gasteiger partial charge < -0.3 is 13.8 Å². The molecule has 0 N–H and O–H groups in total. The molecule has 0 aliphatic carbocycles. The number of hydrogen-bond donors (Lipinski definition) is 0. The van der Waals surface area contributed by atoms with Crippen LogP contribution in [0, 0.1) is 0 Å². The fraction of sp³-hybridized carbons (Fsp3) is 0.182. The van der Waals surface area contributed by atoms with Crippen LogP contribution in [-0.2, 0) is 9.31 Å². The minimum absolute atomic E-state index is 0.398. The predicted octanol–water partition coefficient (Wildman–Crippen LogP) is 1.08. The molecule has 0 amide bonds. The zero-order chi connectivity index (χ0) is 10.8. The lowest BCUT2D eigenvalue weighted by atomic mass is 9.86. The average molecular weight is 215 g/mol. The first-order valence-corrected chi connectivity index (χ1v) is 5.19. The van der Waals surface area contributed by atoms with Crippen molar-refractivity contribution in [2.45, 2.75) is 0 Å². The Morgan fingerprint density at radius 3 is 2.56 bits per heavy atom. The molecule has 0 atom stereocenters. The molecule has 0 unspecified atom stereocenters. The molecular weight excluding hydrogens is 205 g/mol. The van der Waals surface area contributed by atoms with Crippen molar-refractivity contribution in [1.29, 1.82) is 0 Å². The minimum Gasteiger partial charge on any atom is -0.403 e. The van der Waals surface area contributed by atoms with Crippen molar-refractivity contribution in [2.75, 3.05) is 13.2 Å². The zero-order valence-corrected chi connectivity index (χ0v) is 8.63. The molecule has 1 aromatic carbocycles. The molecular formula is C11H10BNO3. The van der Waals surface area contributed by atoms with Crippen LogP contribution in [0.25, 0.3) is 11.3 Å². The number of nitrogens with zero attached hydrogens (tertiary/aromatic N) is 1. The van der Waals surface area contributed by atoms with E-state index in [1.807, 2.05) is 36.4 Å². The Hall–Kier alpha value is -1.59. The van der Waals surface area contributed by atoms with Gasteiger partial charge in [0.2, 0.25) is 0 Å². The van der Waals surface area contributed by atoms with Crippen LogP contribution in [0.2, 0.25) is 0 Å². The quantitative estimate of drug-likeness (QED) is 0.703. The van der Waals surface area contributed by atoms with Crippen LogP contribution in [0.1, 0.15) is 0 Å². The van der Waals surface area contributed by atoms with Gasteiger partial charge in [-0.3, -0.25) is 0 Å². The van der Waals surface area contributed by atoms with Crippen molar-refractivity contribution >= 4 is 12.8 Å². The van der Waals surface area contributed by atoms with Crippen molar-refractivity contribution in [2.24, 2.45) is 0 Å². The van der Waals surface area contributed by atoms with Gasteiger partial charge in [0, 0.05) is 11.6 Å². The standard InChI is InChI=1S/C11H10BNO3/c1-2-4-9(5-3-1)10-8-11(16-13-10)12-14-6-7-15-12/h1-5,8H,6-7H2. The molecule has 1 aromatic heterocycles. The van der Waals surface area contributed by atoms with E-state index in [1.165, 1.54) is 0 Å². The summed E-state index contributed by atoms with van der Waals surface area (Å²) in [6, 6.07) is 11.7. The van der Waals surface area contributed by atoms with Crippen LogP contribution in [0.15, 0.2) is 40.9 Å². The molecule has 1 aliphatic rings. The topological polar surface area (TPSA) is 44.5 Å². The van der Waals surface area contributed by atoms with Crippen LogP contribution >= 0.6 is 0 Å². The lowest BCUT2D eigenvalue weighted by molar-refractivity contribution is 0.363. The minimum atomic E-state index is -0.398. The number of aromatic nitrogens is 1. The molecule has 4 nitrogen and oxygen atoms in total. The summed E-state index contributed by atoms with van der Waals surface area (Å²) in [7, 11) is -0.398. The van der Waals surface area contributed by atoms with E-state index in [1.54, 1.807) is 0 Å². The summed E-state index contributed by atoms with van der Waals surface area (Å²) in [5, 5.41) is 4.00. The maximum atomic E-state index is 5.33. The third-order valence-electron chi connectivity index (χ3n) is 2.45. The Bertz CT molecular complexity index is 465. The first kappa shape index (κ1) is 9.63. The van der Waals surface area contributed by atoms with E-state index in [9.17, 15) is 0 Å². The van der Waals surface area contributed by atoms with Crippen molar-refractivity contribution in [3.8, 4) is 11.3 Å². The van der Waals surface area contributed by atoms with E-state index in [4.69, 9.17) is 13.8 Å². The fourth-order valence-corrected chi connectivity index (χ4v) is 1.67. The fourth-order valence-electron chi connectivity index (χ4n) is 1.67. The maximum Gasteiger partial charge on any atom is 0.534 e. The predicted molar refractivity (Wildman–Crippen MR) is 59.2 cm³/mol. The summed E-state index contributed by atoms with van der Waals surface area (Å²) in [6.07, 6.45) is 0. The highest BCUT2D eigenvalue weighted by Gasteiger charge is 2.31. The van der Waals surface area contributed by atoms with Gasteiger partial charge in [0.25, 0.3) is 0 Å². The second-order valence-electron chi connectivity index (χ2n) is 3.55. The monoisotopic (exact) mass is 215 g/mol. The lowest BCUT2D eigenvalue weighted by Crippen LogP contribution is -2.30. The van der Waals surface area contributed by atoms with Crippen molar-refractivity contribution in [3.05, 3.63) is 36.4 Å². The number of benzene rings is 1. The van der Waals surface area contributed by atoms with E-state index in [2.05, 4.69) is 5.16 Å². The summed E-state index contributed by atoms with van der Waals surface area (Å²) in [4.78, 5) is 0. The summed E-state index contributed by atoms with van der Waals surface area (Å²) in [5.74, 6) is 0. The Kier molecular flexibility index (Phi) is 2.48. The van der Waals surface area contributed by atoms with Gasteiger partial charge in [-0.15, -0.1) is 0 Å². The largest absolute Gasteiger partial charge is 0.534 e. The highest BCUT2D eigenvalue weighted by atomic mass is 16.6. The molecule has 0 spiro atoms. The van der Waals surface area contributed by atoms with Gasteiger partial charge in [-0.2, -0.15) is 0 Å². The molecule has 1 aliphatic heterocycles. The van der Waals surface area contributed by atoms with Crippen molar-refractivity contribution in [1.82, 2.24) is 5.16 Å². The molecule has 0 bridgehead atoms. The van der Waals surface area contributed by atoms with Gasteiger partial charge >= 0.3 is 7.12 Å². The second-order valence-corrected chi connectivity index (χ2v) is 3.55. The van der Waals surface area contributed by atoms with Gasteiger partial charge in [0.05, 0.1) is 13.2 Å². The van der Waals surface area contributed by atoms with Gasteiger partial charge in [-0.05, 0) is 0 Å². The highest BCUT2D eigenvalue weighted by molar-refractivity contribution is 6.60. The summed E-state index contributed by atoms with van der Waals surface area (Å²) < 4.78 is 15.9.